The van der Waals surface area contributed by atoms with Crippen molar-refractivity contribution in [3.8, 4) is 17.1 Å². The molecule has 0 unspecified atom stereocenters. The molecule has 4 heterocycles. The lowest BCUT2D eigenvalue weighted by molar-refractivity contribution is -0.132. The van der Waals surface area contributed by atoms with Crippen molar-refractivity contribution in [2.75, 3.05) is 12.4 Å². The van der Waals surface area contributed by atoms with E-state index in [1.807, 2.05) is 51.6 Å². The van der Waals surface area contributed by atoms with Gasteiger partial charge in [-0.3, -0.25) is 14.5 Å². The van der Waals surface area contributed by atoms with Crippen LogP contribution in [0.25, 0.3) is 22.3 Å². The van der Waals surface area contributed by atoms with Gasteiger partial charge in [0, 0.05) is 64.1 Å². The molecule has 10 nitrogen and oxygen atoms in total. The Bertz CT molecular complexity index is 1310. The van der Waals surface area contributed by atoms with E-state index in [0.29, 0.717) is 17.5 Å². The van der Waals surface area contributed by atoms with Crippen molar-refractivity contribution >= 4 is 28.6 Å². The summed E-state index contributed by atoms with van der Waals surface area (Å²) in [5.41, 5.74) is 4.01. The summed E-state index contributed by atoms with van der Waals surface area (Å²) in [6.07, 6.45) is 7.00. The van der Waals surface area contributed by atoms with Gasteiger partial charge in [-0.15, -0.1) is 0 Å². The van der Waals surface area contributed by atoms with Crippen molar-refractivity contribution in [1.82, 2.24) is 34.6 Å². The first-order valence-electron chi connectivity index (χ1n) is 10.9. The predicted molar refractivity (Wildman–Crippen MR) is 124 cm³/mol. The topological polar surface area (TPSA) is 114 Å². The van der Waals surface area contributed by atoms with E-state index in [-0.39, 0.29) is 18.1 Å². The molecule has 1 saturated carbocycles. The van der Waals surface area contributed by atoms with E-state index >= 15 is 0 Å². The Morgan fingerprint density at radius 3 is 2.79 bits per heavy atom. The summed E-state index contributed by atoms with van der Waals surface area (Å²) in [5, 5.41) is 8.40. The van der Waals surface area contributed by atoms with Crippen LogP contribution >= 0.6 is 0 Å². The second-order valence-corrected chi connectivity index (χ2v) is 8.42. The number of anilines is 2. The monoisotopic (exact) mass is 446 g/mol. The number of aryl methyl sites for hydroxylation is 2. The number of hydrogen-bond donors (Lipinski definition) is 2. The van der Waals surface area contributed by atoms with Gasteiger partial charge in [-0.25, -0.2) is 0 Å². The molecule has 4 aromatic rings. The smallest absolute Gasteiger partial charge is 0.232 e. The fraction of sp³-hybridized carbons (Fsp3) is 0.348. The van der Waals surface area contributed by atoms with E-state index in [1.165, 1.54) is 0 Å². The minimum Gasteiger partial charge on any atom is -0.474 e. The van der Waals surface area contributed by atoms with Crippen molar-refractivity contribution in [2.45, 2.75) is 38.8 Å². The lowest BCUT2D eigenvalue weighted by Gasteiger charge is -2.40. The molecule has 5 rings (SSSR count). The number of aromatic amines is 1. The zero-order valence-electron chi connectivity index (χ0n) is 19.0. The van der Waals surface area contributed by atoms with E-state index in [1.54, 1.807) is 22.7 Å². The number of H-pyrrole nitrogens is 1. The Balaban J connectivity index is 1.50. The summed E-state index contributed by atoms with van der Waals surface area (Å²) in [7, 11) is 3.70. The van der Waals surface area contributed by atoms with E-state index in [2.05, 4.69) is 25.4 Å². The highest BCUT2D eigenvalue weighted by Crippen LogP contribution is 2.37. The van der Waals surface area contributed by atoms with Crippen molar-refractivity contribution in [3.63, 3.8) is 0 Å². The molecule has 0 aromatic carbocycles. The predicted octanol–water partition coefficient (Wildman–Crippen LogP) is 3.19. The average molecular weight is 447 g/mol. The number of hydrogen-bond acceptors (Lipinski definition) is 7. The first-order valence-corrected chi connectivity index (χ1v) is 10.9. The third-order valence-electron chi connectivity index (χ3n) is 6.09. The number of nitrogens with zero attached hydrogens (tertiary/aromatic N) is 6. The molecule has 0 aliphatic heterocycles. The second kappa shape index (κ2) is 8.19. The number of nitrogens with one attached hydrogen (secondary N) is 2. The molecular formula is C23H26N8O2. The Kier molecular flexibility index (Phi) is 5.20. The minimum absolute atomic E-state index is 0.0330. The Morgan fingerprint density at radius 1 is 1.30 bits per heavy atom. The van der Waals surface area contributed by atoms with Gasteiger partial charge in [-0.1, -0.05) is 6.07 Å². The van der Waals surface area contributed by atoms with Crippen LogP contribution in [-0.2, 0) is 11.8 Å². The molecule has 0 spiro atoms. The molecule has 4 aromatic heterocycles. The summed E-state index contributed by atoms with van der Waals surface area (Å²) >= 11 is 0. The maximum atomic E-state index is 11.7. The molecule has 0 radical (unpaired) electrons. The highest BCUT2D eigenvalue weighted by Gasteiger charge is 2.36. The molecule has 0 saturated heterocycles. The van der Waals surface area contributed by atoms with Crippen LogP contribution in [0, 0.1) is 6.92 Å². The van der Waals surface area contributed by atoms with E-state index in [4.69, 9.17) is 9.72 Å². The van der Waals surface area contributed by atoms with Crippen LogP contribution in [0.1, 0.15) is 25.5 Å². The molecule has 0 bridgehead atoms. The molecule has 170 valence electrons. The molecule has 10 heteroatoms. The van der Waals surface area contributed by atoms with Gasteiger partial charge in [-0.2, -0.15) is 15.1 Å². The fourth-order valence-electron chi connectivity index (χ4n) is 4.07. The normalized spacial score (nSPS) is 17.6. The van der Waals surface area contributed by atoms with Gasteiger partial charge in [0.15, 0.2) is 0 Å². The largest absolute Gasteiger partial charge is 0.474 e. The van der Waals surface area contributed by atoms with E-state index < -0.39 is 0 Å². The maximum absolute atomic E-state index is 11.7. The fourth-order valence-corrected chi connectivity index (χ4v) is 4.07. The lowest BCUT2D eigenvalue weighted by Crippen LogP contribution is -2.49. The van der Waals surface area contributed by atoms with Gasteiger partial charge in [0.1, 0.15) is 11.8 Å². The van der Waals surface area contributed by atoms with Crippen LogP contribution in [0.2, 0.25) is 0 Å². The number of pyridine rings is 1. The van der Waals surface area contributed by atoms with Gasteiger partial charge in [-0.05, 0) is 19.1 Å². The van der Waals surface area contributed by atoms with E-state index in [9.17, 15) is 4.79 Å². The van der Waals surface area contributed by atoms with Crippen molar-refractivity contribution < 1.29 is 9.53 Å². The van der Waals surface area contributed by atoms with Crippen LogP contribution in [0.5, 0.6) is 5.88 Å². The Hall–Kier alpha value is -3.95. The number of aromatic nitrogens is 6. The van der Waals surface area contributed by atoms with Crippen molar-refractivity contribution in [1.29, 1.82) is 0 Å². The van der Waals surface area contributed by atoms with Crippen LogP contribution in [0.4, 0.5) is 11.6 Å². The van der Waals surface area contributed by atoms with Crippen LogP contribution in [0.15, 0.2) is 36.8 Å². The zero-order valence-corrected chi connectivity index (χ0v) is 19.0. The van der Waals surface area contributed by atoms with Gasteiger partial charge in [0.25, 0.3) is 0 Å². The summed E-state index contributed by atoms with van der Waals surface area (Å²) < 4.78 is 8.10. The highest BCUT2D eigenvalue weighted by atomic mass is 16.5. The molecule has 33 heavy (non-hydrogen) atoms. The zero-order chi connectivity index (χ0) is 23.1. The third kappa shape index (κ3) is 3.99. The number of amides is 1. The number of rotatable bonds is 6. The molecule has 1 amide bonds. The third-order valence-corrected chi connectivity index (χ3v) is 6.09. The number of ether oxygens (including phenoxy) is 1. The molecule has 0 atom stereocenters. The van der Waals surface area contributed by atoms with Gasteiger partial charge in [0.05, 0.1) is 22.5 Å². The minimum atomic E-state index is -0.0330. The maximum Gasteiger partial charge on any atom is 0.232 e. The molecule has 1 aliphatic carbocycles. The van der Waals surface area contributed by atoms with E-state index in [0.717, 1.165) is 40.9 Å². The van der Waals surface area contributed by atoms with Gasteiger partial charge < -0.3 is 19.9 Å². The van der Waals surface area contributed by atoms with Crippen LogP contribution < -0.4 is 10.1 Å². The first kappa shape index (κ1) is 20.9. The van der Waals surface area contributed by atoms with Crippen LogP contribution in [0.3, 0.4) is 0 Å². The lowest BCUT2D eigenvalue weighted by atomic mass is 9.88. The molecular weight excluding hydrogens is 420 g/mol. The standard InChI is InChI=1S/C23H26N8O2/c1-13-19(12-30(3)29-13)26-23-27-21-20(17(11-25-21)18-7-5-6-8-24-18)22(28-23)33-16-9-15(10-16)31(4)14(2)32/h5-8,11-12,15-16H,9-10H2,1-4H3,(H2,25,26,27,28)/t15-,16-. The average Bonchev–Trinajstić information content (AvgIpc) is 3.33. The molecule has 1 aliphatic rings. The van der Waals surface area contributed by atoms with Crippen molar-refractivity contribution in [2.24, 2.45) is 7.05 Å². The molecule has 2 N–H and O–H groups in total. The highest BCUT2D eigenvalue weighted by molar-refractivity contribution is 5.97. The summed E-state index contributed by atoms with van der Waals surface area (Å²) in [6, 6.07) is 5.95. The Labute approximate surface area is 191 Å². The van der Waals surface area contributed by atoms with Crippen molar-refractivity contribution in [3.05, 3.63) is 42.5 Å². The van der Waals surface area contributed by atoms with Gasteiger partial charge >= 0.3 is 0 Å². The molecule has 1 fully saturated rings. The summed E-state index contributed by atoms with van der Waals surface area (Å²) in [6.45, 7) is 3.51. The number of carbonyl (C=O) groups is 1. The van der Waals surface area contributed by atoms with Crippen LogP contribution in [-0.4, -0.2) is 59.7 Å². The number of fused-ring (bicyclic) bond motifs is 1. The SMILES string of the molecule is CC(=O)N(C)[C@H]1C[C@H](Oc2nc(Nc3cn(C)nc3C)nc3[nH]cc(-c4ccccn4)c23)C1. The summed E-state index contributed by atoms with van der Waals surface area (Å²) in [4.78, 5) is 30.6. The quantitative estimate of drug-likeness (QED) is 0.467. The van der Waals surface area contributed by atoms with Gasteiger partial charge in [0.2, 0.25) is 17.7 Å². The second-order valence-electron chi connectivity index (χ2n) is 8.42. The number of carbonyl (C=O) groups excluding carboxylic acids is 1. The Morgan fingerprint density at radius 2 is 2.12 bits per heavy atom. The first-order chi connectivity index (χ1) is 15.9. The summed E-state index contributed by atoms with van der Waals surface area (Å²) in [5.74, 6) is 0.962.